The summed E-state index contributed by atoms with van der Waals surface area (Å²) >= 11 is 6.14. The van der Waals surface area contributed by atoms with Crippen LogP contribution in [-0.4, -0.2) is 30.1 Å². The third-order valence-corrected chi connectivity index (χ3v) is 4.25. The number of benzene rings is 1. The minimum absolute atomic E-state index is 0.268. The van der Waals surface area contributed by atoms with Crippen molar-refractivity contribution in [3.05, 3.63) is 34.6 Å². The van der Waals surface area contributed by atoms with E-state index in [0.717, 1.165) is 25.2 Å². The van der Waals surface area contributed by atoms with Gasteiger partial charge >= 0.3 is 0 Å². The van der Waals surface area contributed by atoms with Gasteiger partial charge in [0.1, 0.15) is 5.82 Å². The summed E-state index contributed by atoms with van der Waals surface area (Å²) in [6, 6.07) is 5.76. The Bertz CT molecular complexity index is 436. The van der Waals surface area contributed by atoms with Crippen LogP contribution in [0.15, 0.2) is 18.2 Å². The second-order valence-electron chi connectivity index (χ2n) is 5.92. The molecule has 0 saturated carbocycles. The van der Waals surface area contributed by atoms with Crippen molar-refractivity contribution in [3.63, 3.8) is 0 Å². The molecule has 1 N–H and O–H groups in total. The molecule has 0 radical (unpaired) electrons. The van der Waals surface area contributed by atoms with Crippen molar-refractivity contribution >= 4 is 11.6 Å². The summed E-state index contributed by atoms with van der Waals surface area (Å²) in [5.41, 5.74) is 1.02. The van der Waals surface area contributed by atoms with Crippen LogP contribution in [0.3, 0.4) is 0 Å². The van der Waals surface area contributed by atoms with Crippen LogP contribution in [0.1, 0.15) is 38.7 Å². The van der Waals surface area contributed by atoms with Gasteiger partial charge in [-0.2, -0.15) is 0 Å². The first-order valence-electron chi connectivity index (χ1n) is 7.47. The molecule has 4 heteroatoms. The number of piperidine rings is 1. The van der Waals surface area contributed by atoms with Crippen molar-refractivity contribution in [2.24, 2.45) is 0 Å². The maximum Gasteiger partial charge on any atom is 0.124 e. The predicted molar refractivity (Wildman–Crippen MR) is 82.6 cm³/mol. The normalized spacial score (nSPS) is 20.6. The zero-order chi connectivity index (χ0) is 14.5. The van der Waals surface area contributed by atoms with Crippen molar-refractivity contribution in [2.75, 3.05) is 13.1 Å². The van der Waals surface area contributed by atoms with Gasteiger partial charge < -0.3 is 5.32 Å². The molecule has 1 heterocycles. The van der Waals surface area contributed by atoms with Gasteiger partial charge in [-0.3, -0.25) is 4.90 Å². The molecule has 0 aromatic heterocycles. The second-order valence-corrected chi connectivity index (χ2v) is 6.33. The number of hydrogen-bond acceptors (Lipinski definition) is 2. The van der Waals surface area contributed by atoms with Crippen LogP contribution >= 0.6 is 11.6 Å². The highest BCUT2D eigenvalue weighted by Crippen LogP contribution is 2.23. The number of halogens is 2. The van der Waals surface area contributed by atoms with E-state index in [2.05, 4.69) is 24.1 Å². The van der Waals surface area contributed by atoms with Gasteiger partial charge in [-0.15, -0.1) is 0 Å². The average molecular weight is 299 g/mol. The van der Waals surface area contributed by atoms with Gasteiger partial charge in [0.25, 0.3) is 0 Å². The fraction of sp³-hybridized carbons (Fsp3) is 0.625. The first-order chi connectivity index (χ1) is 9.56. The number of nitrogens with zero attached hydrogens (tertiary/aromatic N) is 1. The predicted octanol–water partition coefficient (Wildman–Crippen LogP) is 3.83. The minimum atomic E-state index is -0.268. The van der Waals surface area contributed by atoms with E-state index in [9.17, 15) is 4.39 Å². The van der Waals surface area contributed by atoms with Crippen LogP contribution in [-0.2, 0) is 6.54 Å². The van der Waals surface area contributed by atoms with Crippen LogP contribution in [0, 0.1) is 5.82 Å². The standard InChI is InChI=1S/C16H24ClFN2/c1-12(2)19-10-15-5-3-4-8-20(15)11-13-6-7-14(18)9-16(13)17/h6-7,9,12,15,19H,3-5,8,10-11H2,1-2H3. The summed E-state index contributed by atoms with van der Waals surface area (Å²) in [4.78, 5) is 2.47. The van der Waals surface area contributed by atoms with Crippen LogP contribution in [0.4, 0.5) is 4.39 Å². The summed E-state index contributed by atoms with van der Waals surface area (Å²) in [5.74, 6) is -0.268. The third kappa shape index (κ3) is 4.44. The summed E-state index contributed by atoms with van der Waals surface area (Å²) in [6.07, 6.45) is 3.74. The lowest BCUT2D eigenvalue weighted by Crippen LogP contribution is -2.46. The Hall–Kier alpha value is -0.640. The molecule has 2 nitrogen and oxygen atoms in total. The molecule has 112 valence electrons. The topological polar surface area (TPSA) is 15.3 Å². The molecule has 20 heavy (non-hydrogen) atoms. The van der Waals surface area contributed by atoms with E-state index in [1.165, 1.54) is 31.4 Å². The Morgan fingerprint density at radius 3 is 2.90 bits per heavy atom. The highest BCUT2D eigenvalue weighted by molar-refractivity contribution is 6.31. The summed E-state index contributed by atoms with van der Waals surface area (Å²) in [5, 5.41) is 4.05. The molecular formula is C16H24ClFN2. The van der Waals surface area contributed by atoms with E-state index in [4.69, 9.17) is 11.6 Å². The quantitative estimate of drug-likeness (QED) is 0.889. The molecule has 1 aliphatic heterocycles. The Morgan fingerprint density at radius 1 is 1.40 bits per heavy atom. The maximum absolute atomic E-state index is 13.1. The number of nitrogens with one attached hydrogen (secondary N) is 1. The molecule has 1 fully saturated rings. The molecule has 0 aliphatic carbocycles. The molecule has 1 aromatic carbocycles. The molecule has 0 amide bonds. The van der Waals surface area contributed by atoms with Crippen molar-refractivity contribution in [3.8, 4) is 0 Å². The second kappa shape index (κ2) is 7.39. The molecule has 1 aliphatic rings. The largest absolute Gasteiger partial charge is 0.313 e. The molecule has 1 saturated heterocycles. The van der Waals surface area contributed by atoms with E-state index in [1.54, 1.807) is 6.07 Å². The molecular weight excluding hydrogens is 275 g/mol. The van der Waals surface area contributed by atoms with Crippen molar-refractivity contribution in [1.29, 1.82) is 0 Å². The molecule has 1 aromatic rings. The first kappa shape index (κ1) is 15.7. The monoisotopic (exact) mass is 298 g/mol. The van der Waals surface area contributed by atoms with E-state index >= 15 is 0 Å². The van der Waals surface area contributed by atoms with Crippen molar-refractivity contribution < 1.29 is 4.39 Å². The van der Waals surface area contributed by atoms with Gasteiger partial charge in [-0.25, -0.2) is 4.39 Å². The average Bonchev–Trinajstić information content (AvgIpc) is 2.41. The lowest BCUT2D eigenvalue weighted by atomic mass is 10.0. The summed E-state index contributed by atoms with van der Waals surface area (Å²) < 4.78 is 13.1. The van der Waals surface area contributed by atoms with Crippen LogP contribution < -0.4 is 5.32 Å². The number of hydrogen-bond donors (Lipinski definition) is 1. The number of rotatable bonds is 5. The zero-order valence-corrected chi connectivity index (χ0v) is 13.1. The molecule has 1 unspecified atom stereocenters. The van der Waals surface area contributed by atoms with Crippen LogP contribution in [0.2, 0.25) is 5.02 Å². The van der Waals surface area contributed by atoms with Gasteiger partial charge in [0.05, 0.1) is 0 Å². The fourth-order valence-electron chi connectivity index (χ4n) is 2.74. The zero-order valence-electron chi connectivity index (χ0n) is 12.3. The van der Waals surface area contributed by atoms with Gasteiger partial charge in [0.15, 0.2) is 0 Å². The Morgan fingerprint density at radius 2 is 2.20 bits per heavy atom. The van der Waals surface area contributed by atoms with E-state index in [-0.39, 0.29) is 5.82 Å². The van der Waals surface area contributed by atoms with Gasteiger partial charge in [0, 0.05) is 30.2 Å². The SMILES string of the molecule is CC(C)NCC1CCCCN1Cc1ccc(F)cc1Cl. The smallest absolute Gasteiger partial charge is 0.124 e. The van der Waals surface area contributed by atoms with E-state index in [0.29, 0.717) is 17.1 Å². The van der Waals surface area contributed by atoms with Crippen LogP contribution in [0.25, 0.3) is 0 Å². The maximum atomic E-state index is 13.1. The third-order valence-electron chi connectivity index (χ3n) is 3.90. The van der Waals surface area contributed by atoms with Gasteiger partial charge in [-0.05, 0) is 37.1 Å². The van der Waals surface area contributed by atoms with E-state index < -0.39 is 0 Å². The van der Waals surface area contributed by atoms with Crippen LogP contribution in [0.5, 0.6) is 0 Å². The Labute approximate surface area is 126 Å². The summed E-state index contributed by atoms with van der Waals surface area (Å²) in [6.45, 7) is 7.26. The molecule has 2 rings (SSSR count). The summed E-state index contributed by atoms with van der Waals surface area (Å²) in [7, 11) is 0. The highest BCUT2D eigenvalue weighted by Gasteiger charge is 2.23. The van der Waals surface area contributed by atoms with Gasteiger partial charge in [-0.1, -0.05) is 37.9 Å². The molecule has 0 spiro atoms. The van der Waals surface area contributed by atoms with Gasteiger partial charge in [0.2, 0.25) is 0 Å². The number of likely N-dealkylation sites (tertiary alicyclic amines) is 1. The highest BCUT2D eigenvalue weighted by atomic mass is 35.5. The fourth-order valence-corrected chi connectivity index (χ4v) is 2.97. The molecule has 1 atom stereocenters. The Balaban J connectivity index is 2.00. The van der Waals surface area contributed by atoms with E-state index in [1.807, 2.05) is 0 Å². The molecule has 0 bridgehead atoms. The minimum Gasteiger partial charge on any atom is -0.313 e. The Kier molecular flexibility index (Phi) is 5.82. The lowest BCUT2D eigenvalue weighted by Gasteiger charge is -2.36. The first-order valence-corrected chi connectivity index (χ1v) is 7.85. The van der Waals surface area contributed by atoms with Crippen molar-refractivity contribution in [1.82, 2.24) is 10.2 Å². The van der Waals surface area contributed by atoms with Crippen molar-refractivity contribution in [2.45, 2.75) is 51.7 Å². The lowest BCUT2D eigenvalue weighted by molar-refractivity contribution is 0.136.